The van der Waals surface area contributed by atoms with Crippen molar-refractivity contribution in [2.24, 2.45) is 5.10 Å². The van der Waals surface area contributed by atoms with Crippen LogP contribution in [-0.4, -0.2) is 36.2 Å². The first-order valence-corrected chi connectivity index (χ1v) is 8.07. The summed E-state index contributed by atoms with van der Waals surface area (Å²) in [7, 11) is 0. The maximum atomic E-state index is 10.7. The van der Waals surface area contributed by atoms with Gasteiger partial charge in [-0.05, 0) is 49.2 Å². The number of H-pyrrole nitrogens is 2. The third-order valence-electron chi connectivity index (χ3n) is 4.09. The second-order valence-corrected chi connectivity index (χ2v) is 6.03. The normalized spacial score (nSPS) is 13.4. The van der Waals surface area contributed by atoms with Gasteiger partial charge in [0, 0.05) is 23.4 Å². The lowest BCUT2D eigenvalue weighted by Crippen LogP contribution is -1.97. The summed E-state index contributed by atoms with van der Waals surface area (Å²) in [6.07, 6.45) is 4.60. The average molecular weight is 355 g/mol. The molecule has 126 valence electrons. The minimum absolute atomic E-state index is 0.0323. The summed E-state index contributed by atoms with van der Waals surface area (Å²) in [6.45, 7) is 0. The molecule has 0 saturated carbocycles. The molecule has 0 unspecified atom stereocenters. The minimum Gasteiger partial charge on any atom is -0.282 e. The van der Waals surface area contributed by atoms with Crippen molar-refractivity contribution in [1.29, 1.82) is 0 Å². The number of hydrogen-bond acceptors (Lipinski definition) is 6. The fourth-order valence-electron chi connectivity index (χ4n) is 2.86. The number of fused-ring (bicyclic) bond motifs is 1. The molecule has 0 spiro atoms. The highest BCUT2D eigenvalue weighted by Crippen LogP contribution is 2.29. The van der Waals surface area contributed by atoms with Crippen LogP contribution in [0.15, 0.2) is 29.4 Å². The van der Waals surface area contributed by atoms with Gasteiger partial charge in [-0.3, -0.25) is 15.2 Å². The Balaban J connectivity index is 1.68. The quantitative estimate of drug-likeness (QED) is 0.323. The molecule has 2 N–H and O–H groups in total. The molecule has 1 aliphatic carbocycles. The van der Waals surface area contributed by atoms with Gasteiger partial charge in [-0.2, -0.15) is 20.0 Å². The molecule has 0 aliphatic heterocycles. The Hall–Kier alpha value is -3.14. The largest absolute Gasteiger partial charge is 0.282 e. The van der Waals surface area contributed by atoms with Crippen LogP contribution in [0.25, 0.3) is 11.5 Å². The number of nitro groups is 1. The van der Waals surface area contributed by atoms with Crippen LogP contribution in [0, 0.1) is 14.9 Å². The first kappa shape index (κ1) is 15.4. The molecule has 0 radical (unpaired) electrons. The summed E-state index contributed by atoms with van der Waals surface area (Å²) >= 11 is 5.25. The lowest BCUT2D eigenvalue weighted by molar-refractivity contribution is -0.384. The first-order valence-electron chi connectivity index (χ1n) is 7.66. The van der Waals surface area contributed by atoms with Gasteiger partial charge < -0.3 is 0 Å². The SMILES string of the molecule is O=[N+]([O-])c1ccc(/C=N\n2c(-c3n[nH]c4c3CCC4)n[nH]c2=S)cc1. The molecule has 9 nitrogen and oxygen atoms in total. The summed E-state index contributed by atoms with van der Waals surface area (Å²) in [5.41, 5.74) is 3.79. The van der Waals surface area contributed by atoms with E-state index in [9.17, 15) is 10.1 Å². The fourth-order valence-corrected chi connectivity index (χ4v) is 3.04. The second-order valence-electron chi connectivity index (χ2n) is 5.64. The monoisotopic (exact) mass is 355 g/mol. The Bertz CT molecular complexity index is 1030. The van der Waals surface area contributed by atoms with Crippen LogP contribution < -0.4 is 0 Å². The summed E-state index contributed by atoms with van der Waals surface area (Å²) in [5, 5.41) is 29.4. The van der Waals surface area contributed by atoms with Gasteiger partial charge in [0.25, 0.3) is 5.69 Å². The molecule has 0 atom stereocenters. The Morgan fingerprint density at radius 1 is 1.24 bits per heavy atom. The van der Waals surface area contributed by atoms with E-state index in [0.717, 1.165) is 36.2 Å². The van der Waals surface area contributed by atoms with Gasteiger partial charge in [0.15, 0.2) is 0 Å². The van der Waals surface area contributed by atoms with E-state index in [4.69, 9.17) is 12.2 Å². The third-order valence-corrected chi connectivity index (χ3v) is 4.36. The highest BCUT2D eigenvalue weighted by atomic mass is 32.1. The van der Waals surface area contributed by atoms with Crippen LogP contribution >= 0.6 is 12.2 Å². The molecule has 0 amide bonds. The van der Waals surface area contributed by atoms with Crippen LogP contribution in [0.5, 0.6) is 0 Å². The molecule has 0 saturated heterocycles. The van der Waals surface area contributed by atoms with Crippen molar-refractivity contribution >= 4 is 24.1 Å². The van der Waals surface area contributed by atoms with Gasteiger partial charge >= 0.3 is 0 Å². The Morgan fingerprint density at radius 2 is 2.04 bits per heavy atom. The summed E-state index contributed by atoms with van der Waals surface area (Å²) < 4.78 is 1.86. The molecule has 25 heavy (non-hydrogen) atoms. The number of nitrogens with one attached hydrogen (secondary N) is 2. The van der Waals surface area contributed by atoms with Crippen molar-refractivity contribution in [3.05, 3.63) is 56.0 Å². The molecule has 10 heteroatoms. The molecule has 1 aromatic carbocycles. The van der Waals surface area contributed by atoms with Gasteiger partial charge in [-0.25, -0.2) is 5.10 Å². The molecule has 2 aromatic heterocycles. The van der Waals surface area contributed by atoms with Crippen LogP contribution in [-0.2, 0) is 12.8 Å². The van der Waals surface area contributed by atoms with Crippen molar-refractivity contribution in [2.75, 3.05) is 0 Å². The van der Waals surface area contributed by atoms with Gasteiger partial charge in [0.2, 0.25) is 10.6 Å². The zero-order valence-corrected chi connectivity index (χ0v) is 13.8. The molecular weight excluding hydrogens is 342 g/mol. The van der Waals surface area contributed by atoms with Crippen LogP contribution in [0.1, 0.15) is 23.2 Å². The number of aromatic nitrogens is 5. The van der Waals surface area contributed by atoms with E-state index < -0.39 is 4.92 Å². The number of non-ortho nitro benzene ring substituents is 1. The van der Waals surface area contributed by atoms with E-state index in [-0.39, 0.29) is 5.69 Å². The topological polar surface area (TPSA) is 118 Å². The molecule has 3 aromatic rings. The van der Waals surface area contributed by atoms with E-state index >= 15 is 0 Å². The van der Waals surface area contributed by atoms with Crippen LogP contribution in [0.3, 0.4) is 0 Å². The van der Waals surface area contributed by atoms with E-state index in [1.165, 1.54) is 16.8 Å². The maximum absolute atomic E-state index is 10.7. The highest BCUT2D eigenvalue weighted by molar-refractivity contribution is 7.71. The number of nitro benzene ring substituents is 1. The van der Waals surface area contributed by atoms with Gasteiger partial charge in [-0.15, -0.1) is 0 Å². The average Bonchev–Trinajstić information content (AvgIpc) is 3.29. The number of aryl methyl sites for hydroxylation is 1. The molecular formula is C15H13N7O2S. The van der Waals surface area contributed by atoms with E-state index in [0.29, 0.717) is 16.2 Å². The summed E-state index contributed by atoms with van der Waals surface area (Å²) in [5.74, 6) is 0.544. The van der Waals surface area contributed by atoms with Crippen LogP contribution in [0.4, 0.5) is 5.69 Å². The summed E-state index contributed by atoms with van der Waals surface area (Å²) in [6, 6.07) is 6.10. The van der Waals surface area contributed by atoms with E-state index in [2.05, 4.69) is 25.5 Å². The standard InChI is InChI=1S/C15H13N7O2S/c23-22(24)10-6-4-9(5-7-10)8-16-21-14(19-20-15(21)25)13-11-2-1-3-12(11)17-18-13/h4-8H,1-3H2,(H,17,18)(H,20,25)/b16-8-. The molecule has 1 aliphatic rings. The molecule has 0 fully saturated rings. The Labute approximate surface area is 146 Å². The van der Waals surface area contributed by atoms with Crippen molar-refractivity contribution in [2.45, 2.75) is 19.3 Å². The Morgan fingerprint density at radius 3 is 2.80 bits per heavy atom. The predicted molar refractivity (Wildman–Crippen MR) is 93.1 cm³/mol. The van der Waals surface area contributed by atoms with Crippen molar-refractivity contribution < 1.29 is 4.92 Å². The number of nitrogens with zero attached hydrogens (tertiary/aromatic N) is 5. The van der Waals surface area contributed by atoms with Gasteiger partial charge in [-0.1, -0.05) is 0 Å². The van der Waals surface area contributed by atoms with Crippen molar-refractivity contribution in [1.82, 2.24) is 25.1 Å². The zero-order chi connectivity index (χ0) is 17.4. The number of hydrogen-bond donors (Lipinski definition) is 2. The number of rotatable bonds is 4. The lowest BCUT2D eigenvalue weighted by Gasteiger charge is -2.00. The molecule has 2 heterocycles. The lowest BCUT2D eigenvalue weighted by atomic mass is 10.2. The second kappa shape index (κ2) is 6.06. The predicted octanol–water partition coefficient (Wildman–Crippen LogP) is 2.61. The van der Waals surface area contributed by atoms with E-state index in [1.54, 1.807) is 18.3 Å². The molecule has 0 bridgehead atoms. The van der Waals surface area contributed by atoms with Crippen molar-refractivity contribution in [3.63, 3.8) is 0 Å². The molecule has 4 rings (SSSR count). The fraction of sp³-hybridized carbons (Fsp3) is 0.200. The first-order chi connectivity index (χ1) is 12.1. The third kappa shape index (κ3) is 2.76. The zero-order valence-electron chi connectivity index (χ0n) is 13.0. The van der Waals surface area contributed by atoms with Crippen LogP contribution in [0.2, 0.25) is 0 Å². The summed E-state index contributed by atoms with van der Waals surface area (Å²) in [4.78, 5) is 10.3. The number of benzene rings is 1. The minimum atomic E-state index is -0.441. The van der Waals surface area contributed by atoms with Gasteiger partial charge in [0.1, 0.15) is 5.69 Å². The highest BCUT2D eigenvalue weighted by Gasteiger charge is 2.23. The van der Waals surface area contributed by atoms with E-state index in [1.807, 2.05) is 0 Å². The maximum Gasteiger partial charge on any atom is 0.269 e. The Kier molecular flexibility index (Phi) is 3.73. The van der Waals surface area contributed by atoms with Gasteiger partial charge in [0.05, 0.1) is 11.1 Å². The van der Waals surface area contributed by atoms with Crippen molar-refractivity contribution in [3.8, 4) is 11.5 Å². The number of aromatic amines is 2. The smallest absolute Gasteiger partial charge is 0.269 e.